The molecule has 0 aliphatic carbocycles. The summed E-state index contributed by atoms with van der Waals surface area (Å²) >= 11 is 1.34. The van der Waals surface area contributed by atoms with E-state index in [1.165, 1.54) is 11.3 Å². The summed E-state index contributed by atoms with van der Waals surface area (Å²) in [6, 6.07) is 7.59. The molecule has 1 aromatic heterocycles. The van der Waals surface area contributed by atoms with Gasteiger partial charge < -0.3 is 9.80 Å². The average Bonchev–Trinajstić information content (AvgIpc) is 3.30. The summed E-state index contributed by atoms with van der Waals surface area (Å²) in [5, 5.41) is 12.4. The minimum atomic E-state index is -0.434. The Morgan fingerprint density at radius 3 is 2.52 bits per heavy atom. The molecule has 29 heavy (non-hydrogen) atoms. The molecule has 7 nitrogen and oxygen atoms in total. The molecule has 1 fully saturated rings. The average molecular weight is 416 g/mol. The smallest absolute Gasteiger partial charge is 0.249 e. The maximum atomic E-state index is 12.8. The van der Waals surface area contributed by atoms with Crippen LogP contribution < -0.4 is 10.2 Å². The van der Waals surface area contributed by atoms with Gasteiger partial charge in [0.05, 0.1) is 0 Å². The quantitative estimate of drug-likeness (QED) is 0.807. The highest BCUT2D eigenvalue weighted by atomic mass is 32.1. The summed E-state index contributed by atoms with van der Waals surface area (Å²) in [5.74, 6) is -0.149. The van der Waals surface area contributed by atoms with E-state index in [9.17, 15) is 9.59 Å². The van der Waals surface area contributed by atoms with E-state index in [0.717, 1.165) is 22.7 Å². The van der Waals surface area contributed by atoms with Crippen LogP contribution in [0.2, 0.25) is 0 Å². The van der Waals surface area contributed by atoms with Crippen molar-refractivity contribution in [3.63, 3.8) is 0 Å². The number of rotatable bonds is 5. The van der Waals surface area contributed by atoms with E-state index < -0.39 is 6.04 Å². The number of nitrogens with one attached hydrogen (secondary N) is 1. The van der Waals surface area contributed by atoms with Crippen LogP contribution in [0.3, 0.4) is 0 Å². The van der Waals surface area contributed by atoms with Crippen molar-refractivity contribution >= 4 is 34.0 Å². The fraction of sp³-hybridized carbons (Fsp3) is 0.524. The van der Waals surface area contributed by atoms with Crippen LogP contribution in [0.4, 0.5) is 10.8 Å². The van der Waals surface area contributed by atoms with Gasteiger partial charge in [-0.25, -0.2) is 0 Å². The molecule has 1 unspecified atom stereocenters. The molecule has 1 aromatic carbocycles. The van der Waals surface area contributed by atoms with E-state index in [4.69, 9.17) is 0 Å². The first kappa shape index (κ1) is 21.2. The second-order valence-corrected chi connectivity index (χ2v) is 9.80. The minimum absolute atomic E-state index is 0.0362. The van der Waals surface area contributed by atoms with Crippen molar-refractivity contribution in [2.75, 3.05) is 30.9 Å². The SMILES string of the molecule is CN(C)c1ccc(-c2nnc(NC(=O)C3CCCN3C(=O)CC(C)(C)C)s2)cc1. The first-order valence-corrected chi connectivity index (χ1v) is 10.7. The summed E-state index contributed by atoms with van der Waals surface area (Å²) < 4.78 is 0. The number of amides is 2. The van der Waals surface area contributed by atoms with Gasteiger partial charge in [0.1, 0.15) is 11.0 Å². The van der Waals surface area contributed by atoms with Crippen LogP contribution >= 0.6 is 11.3 Å². The highest BCUT2D eigenvalue weighted by Gasteiger charge is 2.35. The monoisotopic (exact) mass is 415 g/mol. The van der Waals surface area contributed by atoms with E-state index >= 15 is 0 Å². The number of carbonyl (C=O) groups is 2. The van der Waals surface area contributed by atoms with E-state index in [0.29, 0.717) is 24.5 Å². The molecule has 2 aromatic rings. The van der Waals surface area contributed by atoms with Crippen molar-refractivity contribution in [1.29, 1.82) is 0 Å². The topological polar surface area (TPSA) is 78.4 Å². The maximum absolute atomic E-state index is 12.8. The Morgan fingerprint density at radius 1 is 1.21 bits per heavy atom. The first-order valence-electron chi connectivity index (χ1n) is 9.86. The van der Waals surface area contributed by atoms with E-state index in [1.807, 2.05) is 64.0 Å². The molecule has 1 N–H and O–H groups in total. The fourth-order valence-electron chi connectivity index (χ4n) is 3.37. The Kier molecular flexibility index (Phi) is 6.21. The van der Waals surface area contributed by atoms with Gasteiger partial charge in [-0.1, -0.05) is 32.1 Å². The van der Waals surface area contributed by atoms with E-state index in [-0.39, 0.29) is 17.2 Å². The largest absolute Gasteiger partial charge is 0.378 e. The van der Waals surface area contributed by atoms with Crippen molar-refractivity contribution in [2.45, 2.75) is 46.1 Å². The van der Waals surface area contributed by atoms with Crippen LogP contribution in [0, 0.1) is 5.41 Å². The Hall–Kier alpha value is -2.48. The van der Waals surface area contributed by atoms with Crippen molar-refractivity contribution in [2.24, 2.45) is 5.41 Å². The van der Waals surface area contributed by atoms with Gasteiger partial charge in [-0.3, -0.25) is 14.9 Å². The first-order chi connectivity index (χ1) is 13.6. The van der Waals surface area contributed by atoms with Gasteiger partial charge in [0, 0.05) is 38.3 Å². The summed E-state index contributed by atoms with van der Waals surface area (Å²) in [4.78, 5) is 29.1. The van der Waals surface area contributed by atoms with Gasteiger partial charge >= 0.3 is 0 Å². The second-order valence-electron chi connectivity index (χ2n) is 8.83. The molecule has 0 radical (unpaired) electrons. The number of aromatic nitrogens is 2. The molecule has 1 saturated heterocycles. The number of carbonyl (C=O) groups excluding carboxylic acids is 2. The number of anilines is 2. The van der Waals surface area contributed by atoms with Crippen LogP contribution in [0.5, 0.6) is 0 Å². The third-order valence-corrected chi connectivity index (χ3v) is 5.73. The molecule has 2 heterocycles. The zero-order chi connectivity index (χ0) is 21.2. The van der Waals surface area contributed by atoms with Gasteiger partial charge in [-0.2, -0.15) is 0 Å². The molecule has 2 amide bonds. The van der Waals surface area contributed by atoms with Gasteiger partial charge in [0.25, 0.3) is 0 Å². The minimum Gasteiger partial charge on any atom is -0.378 e. The van der Waals surface area contributed by atoms with Gasteiger partial charge in [0.15, 0.2) is 0 Å². The third kappa shape index (κ3) is 5.32. The summed E-state index contributed by atoms with van der Waals surface area (Å²) in [6.07, 6.45) is 1.95. The zero-order valence-corrected chi connectivity index (χ0v) is 18.5. The van der Waals surface area contributed by atoms with Crippen LogP contribution in [0.25, 0.3) is 10.6 Å². The molecule has 156 valence electrons. The molecule has 1 aliphatic rings. The number of hydrogen-bond donors (Lipinski definition) is 1. The number of likely N-dealkylation sites (tertiary alicyclic amines) is 1. The second kappa shape index (κ2) is 8.49. The molecule has 0 bridgehead atoms. The fourth-order valence-corrected chi connectivity index (χ4v) is 4.13. The lowest BCUT2D eigenvalue weighted by Crippen LogP contribution is -2.44. The Bertz CT molecular complexity index is 870. The summed E-state index contributed by atoms with van der Waals surface area (Å²) in [7, 11) is 3.98. The highest BCUT2D eigenvalue weighted by Crippen LogP contribution is 2.29. The van der Waals surface area contributed by atoms with Gasteiger partial charge in [-0.15, -0.1) is 10.2 Å². The third-order valence-electron chi connectivity index (χ3n) is 4.84. The van der Waals surface area contributed by atoms with E-state index in [1.54, 1.807) is 4.90 Å². The summed E-state index contributed by atoms with van der Waals surface area (Å²) in [6.45, 7) is 6.73. The summed E-state index contributed by atoms with van der Waals surface area (Å²) in [5.41, 5.74) is 1.96. The lowest BCUT2D eigenvalue weighted by atomic mass is 9.91. The Morgan fingerprint density at radius 2 is 1.90 bits per heavy atom. The number of nitrogens with zero attached hydrogens (tertiary/aromatic N) is 4. The van der Waals surface area contributed by atoms with Crippen molar-refractivity contribution < 1.29 is 9.59 Å². The lowest BCUT2D eigenvalue weighted by Gasteiger charge is -2.27. The van der Waals surface area contributed by atoms with Crippen molar-refractivity contribution in [3.05, 3.63) is 24.3 Å². The molecule has 0 spiro atoms. The Labute approximate surface area is 176 Å². The molecule has 0 saturated carbocycles. The normalized spacial score (nSPS) is 16.7. The molecular formula is C21H29N5O2S. The predicted octanol–water partition coefficient (Wildman–Crippen LogP) is 3.64. The molecular weight excluding hydrogens is 386 g/mol. The predicted molar refractivity (Wildman–Crippen MR) is 117 cm³/mol. The van der Waals surface area contributed by atoms with Crippen LogP contribution in [0.15, 0.2) is 24.3 Å². The molecule has 3 rings (SSSR count). The molecule has 1 aliphatic heterocycles. The number of hydrogen-bond acceptors (Lipinski definition) is 6. The highest BCUT2D eigenvalue weighted by molar-refractivity contribution is 7.18. The van der Waals surface area contributed by atoms with Gasteiger partial charge in [-0.05, 0) is 42.5 Å². The van der Waals surface area contributed by atoms with Crippen LogP contribution in [-0.2, 0) is 9.59 Å². The van der Waals surface area contributed by atoms with Crippen molar-refractivity contribution in [1.82, 2.24) is 15.1 Å². The lowest BCUT2D eigenvalue weighted by molar-refractivity contribution is -0.138. The standard InChI is InChI=1S/C21H29N5O2S/c1-21(2,3)13-17(27)26-12-6-7-16(26)18(28)22-20-24-23-19(29-20)14-8-10-15(11-9-14)25(4)5/h8-11,16H,6-7,12-13H2,1-5H3,(H,22,24,28). The van der Waals surface area contributed by atoms with Crippen LogP contribution in [0.1, 0.15) is 40.0 Å². The van der Waals surface area contributed by atoms with Gasteiger partial charge in [0.2, 0.25) is 16.9 Å². The van der Waals surface area contributed by atoms with Crippen molar-refractivity contribution in [3.8, 4) is 10.6 Å². The zero-order valence-electron chi connectivity index (χ0n) is 17.7. The molecule has 8 heteroatoms. The van der Waals surface area contributed by atoms with Crippen LogP contribution in [-0.4, -0.2) is 53.6 Å². The molecule has 1 atom stereocenters. The van der Waals surface area contributed by atoms with E-state index in [2.05, 4.69) is 15.5 Å². The Balaban J connectivity index is 1.66. The number of benzene rings is 1. The maximum Gasteiger partial charge on any atom is 0.249 e.